The zero-order valence-corrected chi connectivity index (χ0v) is 8.28. The van der Waals surface area contributed by atoms with Gasteiger partial charge in [-0.25, -0.2) is 0 Å². The van der Waals surface area contributed by atoms with E-state index in [1.165, 1.54) is 19.4 Å². The van der Waals surface area contributed by atoms with E-state index in [2.05, 4.69) is 33.0 Å². The Balaban J connectivity index is 2.46. The van der Waals surface area contributed by atoms with E-state index in [0.29, 0.717) is 5.41 Å². The molecule has 2 atom stereocenters. The molecule has 1 aliphatic heterocycles. The van der Waals surface area contributed by atoms with Gasteiger partial charge in [0.15, 0.2) is 0 Å². The van der Waals surface area contributed by atoms with Crippen LogP contribution in [-0.4, -0.2) is 12.6 Å². The Bertz CT molecular complexity index is 123. The van der Waals surface area contributed by atoms with Crippen molar-refractivity contribution in [2.45, 2.75) is 46.6 Å². The van der Waals surface area contributed by atoms with Gasteiger partial charge in [-0.2, -0.15) is 0 Å². The third-order valence-corrected chi connectivity index (χ3v) is 2.85. The van der Waals surface area contributed by atoms with Crippen molar-refractivity contribution < 1.29 is 0 Å². The van der Waals surface area contributed by atoms with E-state index in [1.54, 1.807) is 0 Å². The number of hydrogen-bond acceptors (Lipinski definition) is 1. The molecule has 66 valence electrons. The molecule has 0 radical (unpaired) electrons. The molecule has 1 nitrogen and oxygen atoms in total. The third-order valence-electron chi connectivity index (χ3n) is 2.85. The molecule has 0 unspecified atom stereocenters. The van der Waals surface area contributed by atoms with Gasteiger partial charge < -0.3 is 5.32 Å². The summed E-state index contributed by atoms with van der Waals surface area (Å²) in [4.78, 5) is 0. The first-order chi connectivity index (χ1) is 5.00. The highest BCUT2D eigenvalue weighted by atomic mass is 14.9. The molecule has 11 heavy (non-hydrogen) atoms. The van der Waals surface area contributed by atoms with Gasteiger partial charge in [-0.1, -0.05) is 20.8 Å². The number of piperidine rings is 1. The van der Waals surface area contributed by atoms with Gasteiger partial charge in [0.2, 0.25) is 0 Å². The molecule has 1 heteroatoms. The first kappa shape index (κ1) is 9.05. The van der Waals surface area contributed by atoms with Crippen molar-refractivity contribution in [2.75, 3.05) is 6.54 Å². The minimum atomic E-state index is 0.510. The minimum Gasteiger partial charge on any atom is -0.314 e. The Kier molecular flexibility index (Phi) is 2.58. The maximum absolute atomic E-state index is 3.48. The van der Waals surface area contributed by atoms with Gasteiger partial charge in [-0.05, 0) is 37.6 Å². The SMILES string of the molecule is C[C@H]1C[C@H](C(C)(C)C)CCN1. The van der Waals surface area contributed by atoms with Gasteiger partial charge in [-0.3, -0.25) is 0 Å². The topological polar surface area (TPSA) is 12.0 Å². The lowest BCUT2D eigenvalue weighted by Gasteiger charge is -2.37. The van der Waals surface area contributed by atoms with Crippen LogP contribution in [-0.2, 0) is 0 Å². The van der Waals surface area contributed by atoms with Crippen LogP contribution in [0.1, 0.15) is 40.5 Å². The molecule has 1 aliphatic rings. The summed E-state index contributed by atoms with van der Waals surface area (Å²) in [5.41, 5.74) is 0.510. The van der Waals surface area contributed by atoms with E-state index in [4.69, 9.17) is 0 Å². The molecule has 0 aliphatic carbocycles. The largest absolute Gasteiger partial charge is 0.314 e. The summed E-state index contributed by atoms with van der Waals surface area (Å²) in [5, 5.41) is 3.48. The Morgan fingerprint density at radius 2 is 1.91 bits per heavy atom. The van der Waals surface area contributed by atoms with Gasteiger partial charge in [0.1, 0.15) is 0 Å². The summed E-state index contributed by atoms with van der Waals surface area (Å²) in [5.74, 6) is 0.916. The van der Waals surface area contributed by atoms with Crippen LogP contribution in [0.15, 0.2) is 0 Å². The first-order valence-electron chi connectivity index (χ1n) is 4.73. The third kappa shape index (κ3) is 2.48. The van der Waals surface area contributed by atoms with Crippen molar-refractivity contribution in [3.8, 4) is 0 Å². The molecule has 1 fully saturated rings. The molecule has 1 heterocycles. The van der Waals surface area contributed by atoms with Gasteiger partial charge in [-0.15, -0.1) is 0 Å². The van der Waals surface area contributed by atoms with Crippen LogP contribution in [0.25, 0.3) is 0 Å². The molecular formula is C10H21N. The van der Waals surface area contributed by atoms with E-state index in [0.717, 1.165) is 12.0 Å². The lowest BCUT2D eigenvalue weighted by molar-refractivity contribution is 0.165. The van der Waals surface area contributed by atoms with Crippen LogP contribution in [0.2, 0.25) is 0 Å². The highest BCUT2D eigenvalue weighted by Gasteiger charge is 2.28. The van der Waals surface area contributed by atoms with Gasteiger partial charge >= 0.3 is 0 Å². The van der Waals surface area contributed by atoms with E-state index in [-0.39, 0.29) is 0 Å². The monoisotopic (exact) mass is 155 g/mol. The van der Waals surface area contributed by atoms with Crippen molar-refractivity contribution in [3.05, 3.63) is 0 Å². The molecular weight excluding hydrogens is 134 g/mol. The summed E-state index contributed by atoms with van der Waals surface area (Å²) < 4.78 is 0. The van der Waals surface area contributed by atoms with Gasteiger partial charge in [0.25, 0.3) is 0 Å². The molecule has 0 spiro atoms. The molecule has 1 N–H and O–H groups in total. The zero-order valence-electron chi connectivity index (χ0n) is 8.28. The van der Waals surface area contributed by atoms with E-state index in [1.807, 2.05) is 0 Å². The second-order valence-electron chi connectivity index (χ2n) is 4.94. The van der Waals surface area contributed by atoms with Crippen LogP contribution in [0.4, 0.5) is 0 Å². The summed E-state index contributed by atoms with van der Waals surface area (Å²) in [7, 11) is 0. The van der Waals surface area contributed by atoms with Crippen LogP contribution in [0.5, 0.6) is 0 Å². The average Bonchev–Trinajstić information content (AvgIpc) is 1.86. The second kappa shape index (κ2) is 3.14. The molecule has 0 bridgehead atoms. The molecule has 0 aromatic heterocycles. The van der Waals surface area contributed by atoms with E-state index in [9.17, 15) is 0 Å². The zero-order chi connectivity index (χ0) is 8.48. The molecule has 0 aromatic carbocycles. The number of nitrogens with one attached hydrogen (secondary N) is 1. The summed E-state index contributed by atoms with van der Waals surface area (Å²) in [6, 6.07) is 0.730. The van der Waals surface area contributed by atoms with Crippen molar-refractivity contribution >= 4 is 0 Å². The molecule has 0 saturated carbocycles. The number of rotatable bonds is 0. The predicted molar refractivity (Wildman–Crippen MR) is 49.6 cm³/mol. The summed E-state index contributed by atoms with van der Waals surface area (Å²) in [6.07, 6.45) is 2.71. The highest BCUT2D eigenvalue weighted by molar-refractivity contribution is 4.82. The van der Waals surface area contributed by atoms with Crippen LogP contribution in [0.3, 0.4) is 0 Å². The van der Waals surface area contributed by atoms with Crippen molar-refractivity contribution in [3.63, 3.8) is 0 Å². The maximum Gasteiger partial charge on any atom is 0.00415 e. The summed E-state index contributed by atoms with van der Waals surface area (Å²) >= 11 is 0. The minimum absolute atomic E-state index is 0.510. The summed E-state index contributed by atoms with van der Waals surface area (Å²) in [6.45, 7) is 10.6. The second-order valence-corrected chi connectivity index (χ2v) is 4.94. The Labute approximate surface area is 70.6 Å². The lowest BCUT2D eigenvalue weighted by atomic mass is 9.74. The Hall–Kier alpha value is -0.0400. The van der Waals surface area contributed by atoms with Gasteiger partial charge in [0.05, 0.1) is 0 Å². The number of hydrogen-bond donors (Lipinski definition) is 1. The normalized spacial score (nSPS) is 33.8. The maximum atomic E-state index is 3.48. The fraction of sp³-hybridized carbons (Fsp3) is 1.00. The average molecular weight is 155 g/mol. The Morgan fingerprint density at radius 3 is 2.27 bits per heavy atom. The quantitative estimate of drug-likeness (QED) is 0.566. The highest BCUT2D eigenvalue weighted by Crippen LogP contribution is 2.33. The fourth-order valence-corrected chi connectivity index (χ4v) is 1.92. The van der Waals surface area contributed by atoms with Gasteiger partial charge in [0, 0.05) is 6.04 Å². The molecule has 1 rings (SSSR count). The fourth-order valence-electron chi connectivity index (χ4n) is 1.92. The standard InChI is InChI=1S/C10H21N/c1-8-7-9(5-6-11-8)10(2,3)4/h8-9,11H,5-7H2,1-4H3/t8-,9+/m0/s1. The van der Waals surface area contributed by atoms with Crippen LogP contribution < -0.4 is 5.32 Å². The van der Waals surface area contributed by atoms with Crippen molar-refractivity contribution in [1.29, 1.82) is 0 Å². The lowest BCUT2D eigenvalue weighted by Crippen LogP contribution is -2.40. The smallest absolute Gasteiger partial charge is 0.00415 e. The molecule has 1 saturated heterocycles. The van der Waals surface area contributed by atoms with E-state index < -0.39 is 0 Å². The molecule has 0 aromatic rings. The van der Waals surface area contributed by atoms with E-state index >= 15 is 0 Å². The van der Waals surface area contributed by atoms with Crippen molar-refractivity contribution in [2.24, 2.45) is 11.3 Å². The Morgan fingerprint density at radius 1 is 1.27 bits per heavy atom. The van der Waals surface area contributed by atoms with Crippen LogP contribution in [0, 0.1) is 11.3 Å². The first-order valence-corrected chi connectivity index (χ1v) is 4.73. The van der Waals surface area contributed by atoms with Crippen molar-refractivity contribution in [1.82, 2.24) is 5.32 Å². The predicted octanol–water partition coefficient (Wildman–Crippen LogP) is 2.42. The van der Waals surface area contributed by atoms with Crippen LogP contribution >= 0.6 is 0 Å². The molecule has 0 amide bonds.